The van der Waals surface area contributed by atoms with Crippen molar-refractivity contribution in [1.82, 2.24) is 4.90 Å². The van der Waals surface area contributed by atoms with Crippen LogP contribution in [-0.2, 0) is 32.2 Å². The molecule has 0 saturated carbocycles. The molecule has 0 bridgehead atoms. The van der Waals surface area contributed by atoms with Gasteiger partial charge in [0.1, 0.15) is 11.6 Å². The Morgan fingerprint density at radius 2 is 1.57 bits per heavy atom. The molecule has 9 heteroatoms. The molecule has 1 amide bonds. The quantitative estimate of drug-likeness (QED) is 0.270. The van der Waals surface area contributed by atoms with Gasteiger partial charge in [-0.05, 0) is 68.0 Å². The number of rotatable bonds is 6. The van der Waals surface area contributed by atoms with Gasteiger partial charge in [0.05, 0.1) is 18.5 Å². The zero-order valence-electron chi connectivity index (χ0n) is 21.2. The van der Waals surface area contributed by atoms with E-state index in [2.05, 4.69) is 15.9 Å². The molecule has 8 nitrogen and oxygen atoms in total. The summed E-state index contributed by atoms with van der Waals surface area (Å²) in [5, 5.41) is 0.249. The Kier molecular flexibility index (Phi) is 8.14. The molecule has 0 unspecified atom stereocenters. The second kappa shape index (κ2) is 11.1. The normalized spacial score (nSPS) is 16.9. The maximum Gasteiger partial charge on any atom is 0.411 e. The minimum atomic E-state index is -0.763. The molecule has 37 heavy (non-hydrogen) atoms. The third-order valence-electron chi connectivity index (χ3n) is 6.28. The van der Waals surface area contributed by atoms with Crippen molar-refractivity contribution < 1.29 is 33.4 Å². The molecular weight excluding hydrogens is 542 g/mol. The maximum absolute atomic E-state index is 12.9. The first-order valence-electron chi connectivity index (χ1n) is 12.2. The van der Waals surface area contributed by atoms with Crippen LogP contribution < -0.4 is 0 Å². The van der Waals surface area contributed by atoms with Crippen LogP contribution in [0.5, 0.6) is 0 Å². The summed E-state index contributed by atoms with van der Waals surface area (Å²) in [5.41, 5.74) is 3.97. The van der Waals surface area contributed by atoms with Crippen LogP contribution in [-0.4, -0.2) is 58.7 Å². The fourth-order valence-electron chi connectivity index (χ4n) is 4.51. The third-order valence-corrected chi connectivity index (χ3v) is 6.79. The van der Waals surface area contributed by atoms with Gasteiger partial charge < -0.3 is 14.2 Å². The highest BCUT2D eigenvalue weighted by Crippen LogP contribution is 2.33. The Morgan fingerprint density at radius 3 is 2.14 bits per heavy atom. The van der Waals surface area contributed by atoms with Gasteiger partial charge in [0.25, 0.3) is 0 Å². The molecule has 0 radical (unpaired) electrons. The Bertz CT molecular complexity index is 1230. The lowest BCUT2D eigenvalue weighted by atomic mass is 9.93. The fraction of sp³-hybridized carbons (Fsp3) is 0.429. The molecule has 1 fully saturated rings. The van der Waals surface area contributed by atoms with E-state index in [0.29, 0.717) is 43.7 Å². The first kappa shape index (κ1) is 27.0. The number of ketones is 2. The summed E-state index contributed by atoms with van der Waals surface area (Å²) in [5.74, 6) is -0.965. The summed E-state index contributed by atoms with van der Waals surface area (Å²) in [4.78, 5) is 51.5. The second-order valence-corrected chi connectivity index (χ2v) is 10.7. The van der Waals surface area contributed by atoms with E-state index in [1.54, 1.807) is 39.0 Å². The number of amides is 1. The van der Waals surface area contributed by atoms with Crippen molar-refractivity contribution in [2.75, 3.05) is 18.5 Å². The van der Waals surface area contributed by atoms with Crippen LogP contribution >= 0.6 is 15.9 Å². The van der Waals surface area contributed by atoms with Crippen LogP contribution in [0.25, 0.3) is 11.1 Å². The average molecular weight is 572 g/mol. The highest BCUT2D eigenvalue weighted by Gasteiger charge is 2.38. The van der Waals surface area contributed by atoms with Gasteiger partial charge in [-0.2, -0.15) is 0 Å². The van der Waals surface area contributed by atoms with Crippen LogP contribution in [0.2, 0.25) is 0 Å². The molecule has 2 aliphatic rings. The van der Waals surface area contributed by atoms with Crippen molar-refractivity contribution in [1.29, 1.82) is 0 Å². The molecule has 2 aromatic carbocycles. The standard InChI is InChI=1S/C28H30BrNO7/c1-28(2,3)37-27(34)30-10-4-5-23(30)26(33)36-16-25(32)18-7-9-22-20(12-18)15-35-14-19-11-17(24(31)13-29)6-8-21(19)22/h6-9,11-12,23H,4-5,10,13-16H2,1-3H3/t23-/m0/s1. The van der Waals surface area contributed by atoms with Crippen LogP contribution in [0.15, 0.2) is 36.4 Å². The third kappa shape index (κ3) is 6.27. The van der Waals surface area contributed by atoms with Crippen molar-refractivity contribution in [3.8, 4) is 11.1 Å². The van der Waals surface area contributed by atoms with Crippen molar-refractivity contribution in [3.63, 3.8) is 0 Å². The van der Waals surface area contributed by atoms with Gasteiger partial charge in [0, 0.05) is 17.7 Å². The van der Waals surface area contributed by atoms with Crippen LogP contribution in [0.1, 0.15) is 65.5 Å². The lowest BCUT2D eigenvalue weighted by Gasteiger charge is -2.27. The molecule has 1 atom stereocenters. The SMILES string of the molecule is CC(C)(C)OC(=O)N1CCC[C@H]1C(=O)OCC(=O)c1ccc2c(c1)COCc1cc(C(=O)CBr)ccc1-2. The minimum absolute atomic E-state index is 0.00502. The number of esters is 1. The van der Waals surface area contributed by atoms with E-state index >= 15 is 0 Å². The van der Waals surface area contributed by atoms with E-state index in [1.165, 1.54) is 4.90 Å². The highest BCUT2D eigenvalue weighted by atomic mass is 79.9. The number of alkyl halides is 1. The Morgan fingerprint density at radius 1 is 0.973 bits per heavy atom. The van der Waals surface area contributed by atoms with E-state index < -0.39 is 30.3 Å². The first-order chi connectivity index (χ1) is 17.6. The Hall–Kier alpha value is -3.04. The fourth-order valence-corrected chi connectivity index (χ4v) is 4.84. The number of halogens is 1. The number of benzene rings is 2. The average Bonchev–Trinajstić information content (AvgIpc) is 3.29. The summed E-state index contributed by atoms with van der Waals surface area (Å²) in [6.07, 6.45) is 0.559. The summed E-state index contributed by atoms with van der Waals surface area (Å²) in [6, 6.07) is 10.1. The molecular formula is C28H30BrNO7. The van der Waals surface area contributed by atoms with Crippen molar-refractivity contribution in [2.24, 2.45) is 0 Å². The van der Waals surface area contributed by atoms with Crippen molar-refractivity contribution in [2.45, 2.75) is 58.5 Å². The largest absolute Gasteiger partial charge is 0.456 e. The summed E-state index contributed by atoms with van der Waals surface area (Å²) >= 11 is 3.20. The number of likely N-dealkylation sites (tertiary alicyclic amines) is 1. The summed E-state index contributed by atoms with van der Waals surface area (Å²) in [7, 11) is 0. The molecule has 2 aliphatic heterocycles. The number of carbonyl (C=O) groups is 4. The molecule has 2 aromatic rings. The number of Topliss-reactive ketones (excluding diaryl/α,β-unsaturated/α-hetero) is 2. The number of hydrogen-bond acceptors (Lipinski definition) is 7. The summed E-state index contributed by atoms with van der Waals surface area (Å²) in [6.45, 7) is 5.93. The number of ether oxygens (including phenoxy) is 3. The molecule has 196 valence electrons. The lowest BCUT2D eigenvalue weighted by Crippen LogP contribution is -2.44. The van der Waals surface area contributed by atoms with Gasteiger partial charge in [0.15, 0.2) is 18.2 Å². The van der Waals surface area contributed by atoms with Gasteiger partial charge in [-0.3, -0.25) is 14.5 Å². The maximum atomic E-state index is 12.9. The highest BCUT2D eigenvalue weighted by molar-refractivity contribution is 9.09. The minimum Gasteiger partial charge on any atom is -0.456 e. The van der Waals surface area contributed by atoms with Crippen LogP contribution in [0.4, 0.5) is 4.79 Å². The topological polar surface area (TPSA) is 99.2 Å². The molecule has 0 aliphatic carbocycles. The smallest absolute Gasteiger partial charge is 0.411 e. The van der Waals surface area contributed by atoms with Gasteiger partial charge in [0.2, 0.25) is 0 Å². The molecule has 0 N–H and O–H groups in total. The van der Waals surface area contributed by atoms with Gasteiger partial charge in [-0.15, -0.1) is 0 Å². The predicted molar refractivity (Wildman–Crippen MR) is 140 cm³/mol. The molecule has 4 rings (SSSR count). The second-order valence-electron chi connectivity index (χ2n) is 10.2. The summed E-state index contributed by atoms with van der Waals surface area (Å²) < 4.78 is 16.5. The van der Waals surface area contributed by atoms with Crippen LogP contribution in [0, 0.1) is 0 Å². The van der Waals surface area contributed by atoms with E-state index in [9.17, 15) is 19.2 Å². The van der Waals surface area contributed by atoms with E-state index in [4.69, 9.17) is 14.2 Å². The number of nitrogens with zero attached hydrogens (tertiary/aromatic N) is 1. The molecule has 1 saturated heterocycles. The number of carbonyl (C=O) groups excluding carboxylic acids is 4. The van der Waals surface area contributed by atoms with Gasteiger partial charge >= 0.3 is 12.1 Å². The predicted octanol–water partition coefficient (Wildman–Crippen LogP) is 5.09. The van der Waals surface area contributed by atoms with Crippen molar-refractivity contribution >= 4 is 39.6 Å². The van der Waals surface area contributed by atoms with Crippen LogP contribution in [0.3, 0.4) is 0 Å². The van der Waals surface area contributed by atoms with E-state index in [0.717, 1.165) is 22.3 Å². The van der Waals surface area contributed by atoms with Gasteiger partial charge in [-0.25, -0.2) is 9.59 Å². The van der Waals surface area contributed by atoms with E-state index in [-0.39, 0.29) is 16.9 Å². The zero-order chi connectivity index (χ0) is 26.7. The monoisotopic (exact) mass is 571 g/mol. The van der Waals surface area contributed by atoms with Crippen molar-refractivity contribution in [3.05, 3.63) is 58.7 Å². The number of fused-ring (bicyclic) bond motifs is 3. The molecule has 0 aromatic heterocycles. The molecule has 2 heterocycles. The Labute approximate surface area is 224 Å². The molecule has 0 spiro atoms. The zero-order valence-corrected chi connectivity index (χ0v) is 22.8. The van der Waals surface area contributed by atoms with E-state index in [1.807, 2.05) is 18.2 Å². The lowest BCUT2D eigenvalue weighted by molar-refractivity contribution is -0.147. The Balaban J connectivity index is 1.43. The number of hydrogen-bond donors (Lipinski definition) is 0. The van der Waals surface area contributed by atoms with Gasteiger partial charge in [-0.1, -0.05) is 40.2 Å². The first-order valence-corrected chi connectivity index (χ1v) is 13.3.